The third kappa shape index (κ3) is 6.83. The lowest BCUT2D eigenvalue weighted by molar-refractivity contribution is 0.0375. The molecule has 1 fully saturated rings. The highest BCUT2D eigenvalue weighted by Gasteiger charge is 2.09. The minimum atomic E-state index is -0.272. The number of amides is 2. The first-order valence-corrected chi connectivity index (χ1v) is 9.51. The molecule has 2 amide bonds. The van der Waals surface area contributed by atoms with Gasteiger partial charge in [0.1, 0.15) is 18.2 Å². The molecule has 2 aromatic carbocycles. The number of ether oxygens (including phenoxy) is 2. The summed E-state index contributed by atoms with van der Waals surface area (Å²) in [5.74, 6) is 0.361. The third-order valence-electron chi connectivity index (χ3n) is 4.45. The second kappa shape index (κ2) is 10.6. The topological polar surface area (TPSA) is 62.8 Å². The first-order valence-electron chi connectivity index (χ1n) is 9.51. The number of carbonyl (C=O) groups excluding carboxylic acids is 1. The van der Waals surface area contributed by atoms with E-state index >= 15 is 0 Å². The van der Waals surface area contributed by atoms with Crippen molar-refractivity contribution in [2.75, 3.05) is 44.7 Å². The summed E-state index contributed by atoms with van der Waals surface area (Å²) in [5.41, 5.74) is 1.53. The van der Waals surface area contributed by atoms with Gasteiger partial charge in [0, 0.05) is 31.4 Å². The van der Waals surface area contributed by atoms with Crippen LogP contribution >= 0.6 is 0 Å². The summed E-state index contributed by atoms with van der Waals surface area (Å²) in [4.78, 5) is 14.4. The van der Waals surface area contributed by atoms with Crippen LogP contribution in [0.5, 0.6) is 5.75 Å². The number of carbonyl (C=O) groups is 1. The largest absolute Gasteiger partial charge is 0.489 e. The van der Waals surface area contributed by atoms with E-state index in [4.69, 9.17) is 9.47 Å². The molecule has 0 aliphatic carbocycles. The summed E-state index contributed by atoms with van der Waals surface area (Å²) >= 11 is 0. The molecule has 0 radical (unpaired) electrons. The molecule has 1 heterocycles. The van der Waals surface area contributed by atoms with Gasteiger partial charge in [-0.1, -0.05) is 18.2 Å². The Morgan fingerprint density at radius 3 is 2.71 bits per heavy atom. The highest BCUT2D eigenvalue weighted by atomic mass is 19.1. The minimum Gasteiger partial charge on any atom is -0.489 e. The van der Waals surface area contributed by atoms with E-state index in [1.54, 1.807) is 24.3 Å². The minimum absolute atomic E-state index is 0.238. The Morgan fingerprint density at radius 2 is 1.93 bits per heavy atom. The van der Waals surface area contributed by atoms with Gasteiger partial charge in [-0.3, -0.25) is 4.90 Å². The summed E-state index contributed by atoms with van der Waals surface area (Å²) in [6.45, 7) is 5.38. The Balaban J connectivity index is 1.38. The van der Waals surface area contributed by atoms with Gasteiger partial charge < -0.3 is 20.1 Å². The second-order valence-electron chi connectivity index (χ2n) is 6.63. The molecule has 0 bridgehead atoms. The van der Waals surface area contributed by atoms with E-state index in [1.165, 1.54) is 12.1 Å². The number of rotatable bonds is 8. The van der Waals surface area contributed by atoms with Gasteiger partial charge in [-0.15, -0.1) is 0 Å². The zero-order valence-corrected chi connectivity index (χ0v) is 15.8. The predicted molar refractivity (Wildman–Crippen MR) is 106 cm³/mol. The molecule has 3 rings (SSSR count). The molecule has 1 aliphatic heterocycles. The molecule has 1 saturated heterocycles. The van der Waals surface area contributed by atoms with Crippen molar-refractivity contribution in [3.63, 3.8) is 0 Å². The number of hydrogen-bond acceptors (Lipinski definition) is 4. The van der Waals surface area contributed by atoms with Crippen molar-refractivity contribution in [2.45, 2.75) is 13.0 Å². The normalized spacial score (nSPS) is 14.5. The van der Waals surface area contributed by atoms with Crippen LogP contribution in [0.1, 0.15) is 12.0 Å². The molecule has 1 aliphatic rings. The van der Waals surface area contributed by atoms with E-state index in [0.717, 1.165) is 44.8 Å². The zero-order valence-electron chi connectivity index (χ0n) is 15.8. The van der Waals surface area contributed by atoms with Gasteiger partial charge in [-0.05, 0) is 42.8 Å². The van der Waals surface area contributed by atoms with Crippen molar-refractivity contribution in [3.8, 4) is 5.75 Å². The Labute approximate surface area is 164 Å². The predicted octanol–water partition coefficient (Wildman–Crippen LogP) is 3.25. The van der Waals surface area contributed by atoms with Crippen molar-refractivity contribution in [1.29, 1.82) is 0 Å². The molecule has 0 unspecified atom stereocenters. The molecule has 0 aromatic heterocycles. The standard InChI is InChI=1S/C21H26FN3O3/c22-18-7-5-17(6-8-18)16-28-20-4-1-3-19(15-20)24-21(26)23-9-2-10-25-11-13-27-14-12-25/h1,3-8,15H,2,9-14,16H2,(H2,23,24,26). The number of nitrogens with zero attached hydrogens (tertiary/aromatic N) is 1. The number of benzene rings is 2. The van der Waals surface area contributed by atoms with Gasteiger partial charge in [-0.25, -0.2) is 9.18 Å². The monoisotopic (exact) mass is 387 g/mol. The first kappa shape index (κ1) is 20.1. The highest BCUT2D eigenvalue weighted by molar-refractivity contribution is 5.89. The number of halogens is 1. The molecule has 28 heavy (non-hydrogen) atoms. The molecular formula is C21H26FN3O3. The molecule has 0 atom stereocenters. The van der Waals surface area contributed by atoms with Gasteiger partial charge in [-0.2, -0.15) is 0 Å². The Hall–Kier alpha value is -2.64. The molecule has 7 heteroatoms. The highest BCUT2D eigenvalue weighted by Crippen LogP contribution is 2.18. The molecule has 0 spiro atoms. The number of anilines is 1. The van der Waals surface area contributed by atoms with Crippen LogP contribution in [0.25, 0.3) is 0 Å². The maximum atomic E-state index is 12.9. The van der Waals surface area contributed by atoms with Crippen LogP contribution in [0.4, 0.5) is 14.9 Å². The molecule has 2 N–H and O–H groups in total. The SMILES string of the molecule is O=C(NCCCN1CCOCC1)Nc1cccc(OCc2ccc(F)cc2)c1. The van der Waals surface area contributed by atoms with Crippen LogP contribution in [0.15, 0.2) is 48.5 Å². The fraction of sp³-hybridized carbons (Fsp3) is 0.381. The number of hydrogen-bond donors (Lipinski definition) is 2. The molecule has 150 valence electrons. The summed E-state index contributed by atoms with van der Waals surface area (Å²) in [6, 6.07) is 13.1. The molecule has 6 nitrogen and oxygen atoms in total. The maximum Gasteiger partial charge on any atom is 0.319 e. The van der Waals surface area contributed by atoms with E-state index in [0.29, 0.717) is 24.6 Å². The first-order chi connectivity index (χ1) is 13.7. The van der Waals surface area contributed by atoms with E-state index < -0.39 is 0 Å². The van der Waals surface area contributed by atoms with Gasteiger partial charge in [0.25, 0.3) is 0 Å². The zero-order chi connectivity index (χ0) is 19.6. The summed E-state index contributed by atoms with van der Waals surface area (Å²) in [5, 5.41) is 5.68. The van der Waals surface area contributed by atoms with Crippen LogP contribution in [0.3, 0.4) is 0 Å². The van der Waals surface area contributed by atoms with Crippen LogP contribution in [0.2, 0.25) is 0 Å². The summed E-state index contributed by atoms with van der Waals surface area (Å²) in [7, 11) is 0. The lowest BCUT2D eigenvalue weighted by atomic mass is 10.2. The number of morpholine rings is 1. The van der Waals surface area contributed by atoms with Crippen molar-refractivity contribution < 1.29 is 18.7 Å². The fourth-order valence-electron chi connectivity index (χ4n) is 2.92. The van der Waals surface area contributed by atoms with Crippen molar-refractivity contribution >= 4 is 11.7 Å². The van der Waals surface area contributed by atoms with E-state index in [-0.39, 0.29) is 11.8 Å². The fourth-order valence-corrected chi connectivity index (χ4v) is 2.92. The van der Waals surface area contributed by atoms with Crippen LogP contribution in [-0.4, -0.2) is 50.3 Å². The average Bonchev–Trinajstić information content (AvgIpc) is 2.72. The van der Waals surface area contributed by atoms with Crippen molar-refractivity contribution in [3.05, 3.63) is 59.9 Å². The Morgan fingerprint density at radius 1 is 1.14 bits per heavy atom. The second-order valence-corrected chi connectivity index (χ2v) is 6.63. The van der Waals surface area contributed by atoms with Gasteiger partial charge >= 0.3 is 6.03 Å². The average molecular weight is 387 g/mol. The maximum absolute atomic E-state index is 12.9. The van der Waals surface area contributed by atoms with Gasteiger partial charge in [0.05, 0.1) is 13.2 Å². The smallest absolute Gasteiger partial charge is 0.319 e. The quantitative estimate of drug-likeness (QED) is 0.683. The Kier molecular flexibility index (Phi) is 7.63. The van der Waals surface area contributed by atoms with Crippen LogP contribution in [0, 0.1) is 5.82 Å². The van der Waals surface area contributed by atoms with E-state index in [9.17, 15) is 9.18 Å². The third-order valence-corrected chi connectivity index (χ3v) is 4.45. The van der Waals surface area contributed by atoms with Crippen LogP contribution < -0.4 is 15.4 Å². The van der Waals surface area contributed by atoms with E-state index in [2.05, 4.69) is 15.5 Å². The number of nitrogens with one attached hydrogen (secondary N) is 2. The summed E-state index contributed by atoms with van der Waals surface area (Å²) in [6.07, 6.45) is 0.897. The van der Waals surface area contributed by atoms with Crippen molar-refractivity contribution in [1.82, 2.24) is 10.2 Å². The number of urea groups is 1. The van der Waals surface area contributed by atoms with E-state index in [1.807, 2.05) is 12.1 Å². The van der Waals surface area contributed by atoms with Crippen molar-refractivity contribution in [2.24, 2.45) is 0 Å². The lowest BCUT2D eigenvalue weighted by Gasteiger charge is -2.26. The van der Waals surface area contributed by atoms with Crippen LogP contribution in [-0.2, 0) is 11.3 Å². The van der Waals surface area contributed by atoms with Gasteiger partial charge in [0.15, 0.2) is 0 Å². The molecule has 2 aromatic rings. The van der Waals surface area contributed by atoms with Gasteiger partial charge in [0.2, 0.25) is 0 Å². The summed E-state index contributed by atoms with van der Waals surface area (Å²) < 4.78 is 24.0. The molecular weight excluding hydrogens is 361 g/mol. The lowest BCUT2D eigenvalue weighted by Crippen LogP contribution is -2.38. The Bertz CT molecular complexity index is 749. The molecule has 0 saturated carbocycles.